The van der Waals surface area contributed by atoms with Gasteiger partial charge in [-0.1, -0.05) is 26.8 Å². The predicted octanol–water partition coefficient (Wildman–Crippen LogP) is 3.71. The summed E-state index contributed by atoms with van der Waals surface area (Å²) in [4.78, 5) is 38.0. The maximum atomic E-state index is 12.2. The van der Waals surface area contributed by atoms with Gasteiger partial charge in [-0.25, -0.2) is 0 Å². The Morgan fingerprint density at radius 3 is 2.42 bits per heavy atom. The van der Waals surface area contributed by atoms with E-state index in [4.69, 9.17) is 4.42 Å². The van der Waals surface area contributed by atoms with Gasteiger partial charge in [0.2, 0.25) is 0 Å². The Morgan fingerprint density at radius 2 is 1.84 bits per heavy atom. The van der Waals surface area contributed by atoms with Crippen molar-refractivity contribution < 1.29 is 14.3 Å². The number of nitrogens with one attached hydrogen (secondary N) is 2. The third kappa shape index (κ3) is 4.19. The van der Waals surface area contributed by atoms with Crippen LogP contribution in [0.4, 0.5) is 17.1 Å². The van der Waals surface area contributed by atoms with Gasteiger partial charge in [0.1, 0.15) is 17.1 Å². The Kier molecular flexibility index (Phi) is 6.19. The molecule has 0 radical (unpaired) electrons. The van der Waals surface area contributed by atoms with Crippen molar-refractivity contribution >= 4 is 23.0 Å². The number of anilines is 3. The monoisotopic (exact) mass is 425 g/mol. The zero-order valence-electron chi connectivity index (χ0n) is 18.3. The summed E-state index contributed by atoms with van der Waals surface area (Å²) in [5, 5.41) is 16.4. The number of phenolic OH excluding ortho intramolecular Hbond substituents is 1. The van der Waals surface area contributed by atoms with Gasteiger partial charge in [-0.05, 0) is 36.1 Å². The van der Waals surface area contributed by atoms with Crippen molar-refractivity contribution in [2.45, 2.75) is 39.2 Å². The fourth-order valence-electron chi connectivity index (χ4n) is 3.24. The molecule has 2 aromatic carbocycles. The molecule has 1 heterocycles. The molecule has 3 aromatic rings. The van der Waals surface area contributed by atoms with Crippen LogP contribution in [0.5, 0.6) is 5.75 Å². The first-order valence-electron chi connectivity index (χ1n) is 10.1. The van der Waals surface area contributed by atoms with Crippen LogP contribution < -0.4 is 21.5 Å². The van der Waals surface area contributed by atoms with Crippen LogP contribution in [0.2, 0.25) is 0 Å². The lowest BCUT2D eigenvalue weighted by Gasteiger charge is -2.21. The van der Waals surface area contributed by atoms with Gasteiger partial charge in [0, 0.05) is 14.1 Å². The van der Waals surface area contributed by atoms with Crippen molar-refractivity contribution in [2.75, 3.05) is 24.7 Å². The standard InChI is InChI=1S/C23H27N3O5/c1-6-15(17-10-13(11-31-17)12(2)3)24-18-19(22(29)21(18)28)25-16-9-7-8-14(20(16)27)23(30)26(4)5/h7-12,15,24-25,27H,6H2,1-5H3/t15-/m1/s1. The highest BCUT2D eigenvalue weighted by Gasteiger charge is 2.26. The lowest BCUT2D eigenvalue weighted by Crippen LogP contribution is -2.37. The molecule has 164 valence electrons. The van der Waals surface area contributed by atoms with Gasteiger partial charge in [-0.2, -0.15) is 0 Å². The van der Waals surface area contributed by atoms with Gasteiger partial charge in [0.05, 0.1) is 23.6 Å². The molecular formula is C23H27N3O5. The Morgan fingerprint density at radius 1 is 1.16 bits per heavy atom. The van der Waals surface area contributed by atoms with Gasteiger partial charge >= 0.3 is 0 Å². The maximum absolute atomic E-state index is 12.2. The average molecular weight is 425 g/mol. The van der Waals surface area contributed by atoms with E-state index in [0.29, 0.717) is 18.1 Å². The zero-order chi connectivity index (χ0) is 22.9. The van der Waals surface area contributed by atoms with Crippen LogP contribution in [-0.2, 0) is 0 Å². The van der Waals surface area contributed by atoms with Crippen LogP contribution in [0.3, 0.4) is 0 Å². The van der Waals surface area contributed by atoms with Gasteiger partial charge in [-0.3, -0.25) is 14.4 Å². The van der Waals surface area contributed by atoms with Crippen molar-refractivity contribution in [3.05, 3.63) is 67.9 Å². The molecule has 31 heavy (non-hydrogen) atoms. The molecule has 8 heteroatoms. The van der Waals surface area contributed by atoms with E-state index in [9.17, 15) is 19.5 Å². The second-order valence-corrected chi connectivity index (χ2v) is 7.98. The molecule has 1 aromatic heterocycles. The molecule has 0 aliphatic carbocycles. The molecule has 1 amide bonds. The number of aromatic hydroxyl groups is 1. The number of nitrogens with zero attached hydrogens (tertiary/aromatic N) is 1. The van der Waals surface area contributed by atoms with Crippen molar-refractivity contribution in [3.8, 4) is 5.75 Å². The fourth-order valence-corrected chi connectivity index (χ4v) is 3.24. The Bertz CT molecular complexity index is 1170. The van der Waals surface area contributed by atoms with Crippen LogP contribution in [0, 0.1) is 0 Å². The molecule has 1 atom stereocenters. The van der Waals surface area contributed by atoms with E-state index in [0.717, 1.165) is 5.56 Å². The molecule has 8 nitrogen and oxygen atoms in total. The third-order valence-corrected chi connectivity index (χ3v) is 5.22. The number of hydrogen-bond donors (Lipinski definition) is 3. The first-order chi connectivity index (χ1) is 14.6. The summed E-state index contributed by atoms with van der Waals surface area (Å²) >= 11 is 0. The van der Waals surface area contributed by atoms with Crippen LogP contribution in [0.25, 0.3) is 0 Å². The maximum Gasteiger partial charge on any atom is 0.257 e. The lowest BCUT2D eigenvalue weighted by atomic mass is 10.0. The Balaban J connectivity index is 1.88. The summed E-state index contributed by atoms with van der Waals surface area (Å²) < 4.78 is 5.66. The minimum absolute atomic E-state index is 0.0452. The second-order valence-electron chi connectivity index (χ2n) is 7.98. The van der Waals surface area contributed by atoms with Crippen molar-refractivity contribution in [2.24, 2.45) is 0 Å². The average Bonchev–Trinajstić information content (AvgIpc) is 3.23. The van der Waals surface area contributed by atoms with E-state index >= 15 is 0 Å². The van der Waals surface area contributed by atoms with Crippen molar-refractivity contribution in [1.82, 2.24) is 4.90 Å². The molecule has 3 rings (SSSR count). The molecular weight excluding hydrogens is 398 g/mol. The predicted molar refractivity (Wildman–Crippen MR) is 120 cm³/mol. The van der Waals surface area contributed by atoms with Crippen molar-refractivity contribution in [3.63, 3.8) is 0 Å². The number of phenols is 1. The second kappa shape index (κ2) is 8.67. The summed E-state index contributed by atoms with van der Waals surface area (Å²) in [5.74, 6) is 0.305. The number of para-hydroxylation sites is 1. The van der Waals surface area contributed by atoms with E-state index < -0.39 is 10.9 Å². The van der Waals surface area contributed by atoms with E-state index in [1.807, 2.05) is 13.0 Å². The minimum atomic E-state index is -0.691. The first kappa shape index (κ1) is 22.1. The van der Waals surface area contributed by atoms with Gasteiger partial charge < -0.3 is 25.1 Å². The van der Waals surface area contributed by atoms with E-state index in [-0.39, 0.29) is 40.3 Å². The summed E-state index contributed by atoms with van der Waals surface area (Å²) in [6, 6.07) is 6.24. The van der Waals surface area contributed by atoms with Gasteiger partial charge in [-0.15, -0.1) is 0 Å². The topological polar surface area (TPSA) is 112 Å². The Hall–Kier alpha value is -3.55. The first-order valence-corrected chi connectivity index (χ1v) is 10.1. The van der Waals surface area contributed by atoms with Crippen LogP contribution in [-0.4, -0.2) is 30.0 Å². The van der Waals surface area contributed by atoms with Crippen LogP contribution in [0.1, 0.15) is 60.8 Å². The van der Waals surface area contributed by atoms with Crippen molar-refractivity contribution in [1.29, 1.82) is 0 Å². The number of carbonyl (C=O) groups is 1. The van der Waals surface area contributed by atoms with Gasteiger partial charge in [0.25, 0.3) is 16.8 Å². The summed E-state index contributed by atoms with van der Waals surface area (Å²) in [6.45, 7) is 6.06. The molecule has 3 N–H and O–H groups in total. The van der Waals surface area contributed by atoms with E-state index in [1.165, 1.54) is 17.0 Å². The highest BCUT2D eigenvalue weighted by atomic mass is 16.3. The van der Waals surface area contributed by atoms with Crippen LogP contribution >= 0.6 is 0 Å². The largest absolute Gasteiger partial charge is 0.505 e. The molecule has 0 fully saturated rings. The minimum Gasteiger partial charge on any atom is -0.505 e. The number of carbonyl (C=O) groups excluding carboxylic acids is 1. The highest BCUT2D eigenvalue weighted by molar-refractivity contribution is 5.99. The number of furan rings is 1. The zero-order valence-corrected chi connectivity index (χ0v) is 18.3. The number of amides is 1. The lowest BCUT2D eigenvalue weighted by molar-refractivity contribution is 0.0824. The highest BCUT2D eigenvalue weighted by Crippen LogP contribution is 2.33. The molecule has 0 saturated heterocycles. The Labute approximate surface area is 180 Å². The smallest absolute Gasteiger partial charge is 0.257 e. The van der Waals surface area contributed by atoms with Gasteiger partial charge in [0.15, 0.2) is 5.75 Å². The number of rotatable bonds is 8. The molecule has 0 saturated carbocycles. The molecule has 0 aliphatic rings. The normalized spacial score (nSPS) is 12.2. The SMILES string of the molecule is CC[C@@H](Nc1c(Nc2cccc(C(=O)N(C)C)c2O)c(=O)c1=O)c1cc(C(C)C)co1. The quantitative estimate of drug-likeness (QED) is 0.372. The third-order valence-electron chi connectivity index (χ3n) is 5.22. The number of benzene rings is 1. The molecule has 0 unspecified atom stereocenters. The summed E-state index contributed by atoms with van der Waals surface area (Å²) in [7, 11) is 3.15. The van der Waals surface area contributed by atoms with Crippen LogP contribution in [0.15, 0.2) is 44.5 Å². The molecule has 0 spiro atoms. The number of hydrogen-bond acceptors (Lipinski definition) is 7. The van der Waals surface area contributed by atoms with E-state index in [2.05, 4.69) is 24.5 Å². The fraction of sp³-hybridized carbons (Fsp3) is 0.348. The molecule has 0 aliphatic heterocycles. The molecule has 0 bridgehead atoms. The summed E-state index contributed by atoms with van der Waals surface area (Å²) in [6.07, 6.45) is 2.32. The summed E-state index contributed by atoms with van der Waals surface area (Å²) in [5.41, 5.74) is 0.139. The van der Waals surface area contributed by atoms with E-state index in [1.54, 1.807) is 26.4 Å².